The minimum atomic E-state index is -1.04. The first-order valence-electron chi connectivity index (χ1n) is 6.74. The van der Waals surface area contributed by atoms with Gasteiger partial charge in [0, 0.05) is 13.0 Å². The largest absolute Gasteiger partial charge is 0.465 e. The number of carbonyl (C=O) groups is 1. The van der Waals surface area contributed by atoms with Crippen LogP contribution in [-0.2, 0) is 6.42 Å². The van der Waals surface area contributed by atoms with Crippen LogP contribution in [0.15, 0.2) is 34.9 Å². The number of nitrogens with zero attached hydrogens (tertiary/aromatic N) is 2. The molecule has 0 fully saturated rings. The third-order valence-corrected chi connectivity index (χ3v) is 2.97. The fourth-order valence-corrected chi connectivity index (χ4v) is 1.91. The molecule has 0 radical (unpaired) electrons. The van der Waals surface area contributed by atoms with Gasteiger partial charge in [-0.15, -0.1) is 0 Å². The molecule has 1 heterocycles. The lowest BCUT2D eigenvalue weighted by atomic mass is 10.1. The van der Waals surface area contributed by atoms with E-state index in [1.165, 1.54) is 0 Å². The van der Waals surface area contributed by atoms with Gasteiger partial charge in [0.2, 0.25) is 5.89 Å². The van der Waals surface area contributed by atoms with E-state index < -0.39 is 6.09 Å². The van der Waals surface area contributed by atoms with Gasteiger partial charge in [0.1, 0.15) is 0 Å². The van der Waals surface area contributed by atoms with Crippen LogP contribution in [-0.4, -0.2) is 27.9 Å². The maximum atomic E-state index is 10.3. The van der Waals surface area contributed by atoms with E-state index in [0.29, 0.717) is 37.5 Å². The molecule has 7 heteroatoms. The van der Waals surface area contributed by atoms with E-state index in [4.69, 9.17) is 15.4 Å². The van der Waals surface area contributed by atoms with E-state index in [9.17, 15) is 4.79 Å². The highest BCUT2D eigenvalue weighted by molar-refractivity contribution is 5.64. The van der Waals surface area contributed by atoms with Crippen molar-refractivity contribution in [3.8, 4) is 0 Å². The molecule has 0 saturated heterocycles. The summed E-state index contributed by atoms with van der Waals surface area (Å²) in [5.74, 6) is 0.978. The van der Waals surface area contributed by atoms with E-state index in [-0.39, 0.29) is 6.04 Å². The summed E-state index contributed by atoms with van der Waals surface area (Å²) in [5, 5.41) is 14.7. The molecule has 0 aliphatic heterocycles. The molecule has 2 aromatic rings. The molecule has 0 saturated carbocycles. The van der Waals surface area contributed by atoms with Crippen molar-refractivity contribution in [3.63, 3.8) is 0 Å². The third kappa shape index (κ3) is 4.88. The predicted molar refractivity (Wildman–Crippen MR) is 75.7 cm³/mol. The average molecular weight is 290 g/mol. The summed E-state index contributed by atoms with van der Waals surface area (Å²) in [4.78, 5) is 14.6. The van der Waals surface area contributed by atoms with Crippen LogP contribution >= 0.6 is 0 Å². The number of nitrogens with two attached hydrogens (primary N) is 1. The number of nitrogens with one attached hydrogen (secondary N) is 1. The normalized spacial score (nSPS) is 12.0. The number of hydrogen-bond acceptors (Lipinski definition) is 5. The average Bonchev–Trinajstić information content (AvgIpc) is 2.93. The third-order valence-electron chi connectivity index (χ3n) is 2.97. The first-order valence-corrected chi connectivity index (χ1v) is 6.74. The SMILES string of the molecule is NC(CCCNC(=O)O)c1nc(Cc2ccccc2)no1. The molecular formula is C14H18N4O3. The lowest BCUT2D eigenvalue weighted by Crippen LogP contribution is -2.23. The molecule has 21 heavy (non-hydrogen) atoms. The first kappa shape index (κ1) is 15.0. The van der Waals surface area contributed by atoms with Gasteiger partial charge in [0.15, 0.2) is 5.82 Å². The monoisotopic (exact) mass is 290 g/mol. The van der Waals surface area contributed by atoms with E-state index >= 15 is 0 Å². The molecule has 1 atom stereocenters. The number of hydrogen-bond donors (Lipinski definition) is 3. The van der Waals surface area contributed by atoms with Gasteiger partial charge in [-0.05, 0) is 18.4 Å². The zero-order valence-corrected chi connectivity index (χ0v) is 11.5. The lowest BCUT2D eigenvalue weighted by Gasteiger charge is -2.05. The molecule has 0 spiro atoms. The van der Waals surface area contributed by atoms with Gasteiger partial charge < -0.3 is 20.7 Å². The predicted octanol–water partition coefficient (Wildman–Crippen LogP) is 1.71. The van der Waals surface area contributed by atoms with Crippen molar-refractivity contribution in [2.75, 3.05) is 6.54 Å². The zero-order chi connectivity index (χ0) is 15.1. The van der Waals surface area contributed by atoms with Crippen molar-refractivity contribution < 1.29 is 14.4 Å². The highest BCUT2D eigenvalue weighted by atomic mass is 16.5. The van der Waals surface area contributed by atoms with Gasteiger partial charge in [-0.3, -0.25) is 0 Å². The Hall–Kier alpha value is -2.41. The van der Waals surface area contributed by atoms with Crippen molar-refractivity contribution >= 4 is 6.09 Å². The van der Waals surface area contributed by atoms with Crippen molar-refractivity contribution in [1.82, 2.24) is 15.5 Å². The second-order valence-corrected chi connectivity index (χ2v) is 4.69. The molecule has 0 aliphatic rings. The highest BCUT2D eigenvalue weighted by Crippen LogP contribution is 2.14. The Morgan fingerprint density at radius 1 is 1.38 bits per heavy atom. The molecule has 0 bridgehead atoms. The Labute approximate surface area is 122 Å². The van der Waals surface area contributed by atoms with Gasteiger partial charge >= 0.3 is 6.09 Å². The first-order chi connectivity index (χ1) is 10.1. The molecule has 0 aliphatic carbocycles. The van der Waals surface area contributed by atoms with Crippen LogP contribution in [0.4, 0.5) is 4.79 Å². The Morgan fingerprint density at radius 2 is 2.14 bits per heavy atom. The van der Waals surface area contributed by atoms with Crippen LogP contribution in [0.3, 0.4) is 0 Å². The Bertz CT molecular complexity index is 571. The molecule has 1 amide bonds. The minimum absolute atomic E-state index is 0.355. The molecular weight excluding hydrogens is 272 g/mol. The number of amides is 1. The van der Waals surface area contributed by atoms with Crippen LogP contribution in [0.25, 0.3) is 0 Å². The van der Waals surface area contributed by atoms with Crippen LogP contribution in [0, 0.1) is 0 Å². The Balaban J connectivity index is 1.83. The van der Waals surface area contributed by atoms with E-state index in [2.05, 4.69) is 15.5 Å². The molecule has 7 nitrogen and oxygen atoms in total. The highest BCUT2D eigenvalue weighted by Gasteiger charge is 2.14. The summed E-state index contributed by atoms with van der Waals surface area (Å²) < 4.78 is 5.15. The van der Waals surface area contributed by atoms with Gasteiger partial charge in [-0.1, -0.05) is 35.5 Å². The summed E-state index contributed by atoms with van der Waals surface area (Å²) in [5.41, 5.74) is 7.05. The molecule has 1 unspecified atom stereocenters. The van der Waals surface area contributed by atoms with Crippen LogP contribution in [0.1, 0.15) is 36.2 Å². The molecule has 2 rings (SSSR count). The summed E-state index contributed by atoms with van der Waals surface area (Å²) in [6.07, 6.45) is 0.751. The maximum Gasteiger partial charge on any atom is 0.404 e. The van der Waals surface area contributed by atoms with E-state index in [0.717, 1.165) is 5.56 Å². The number of carboxylic acid groups (broad SMARTS) is 1. The summed E-state index contributed by atoms with van der Waals surface area (Å²) in [6, 6.07) is 9.47. The van der Waals surface area contributed by atoms with Crippen molar-refractivity contribution in [2.24, 2.45) is 5.73 Å². The number of aromatic nitrogens is 2. The molecule has 112 valence electrons. The van der Waals surface area contributed by atoms with Gasteiger partial charge in [-0.2, -0.15) is 4.98 Å². The number of benzene rings is 1. The van der Waals surface area contributed by atoms with Crippen LogP contribution in [0.2, 0.25) is 0 Å². The van der Waals surface area contributed by atoms with E-state index in [1.807, 2.05) is 30.3 Å². The fraction of sp³-hybridized carbons (Fsp3) is 0.357. The van der Waals surface area contributed by atoms with E-state index in [1.54, 1.807) is 0 Å². The molecule has 1 aromatic heterocycles. The summed E-state index contributed by atoms with van der Waals surface area (Å²) >= 11 is 0. The van der Waals surface area contributed by atoms with Crippen molar-refractivity contribution in [3.05, 3.63) is 47.6 Å². The quantitative estimate of drug-likeness (QED) is 0.669. The minimum Gasteiger partial charge on any atom is -0.465 e. The fourth-order valence-electron chi connectivity index (χ4n) is 1.91. The summed E-state index contributed by atoms with van der Waals surface area (Å²) in [6.45, 7) is 0.355. The van der Waals surface area contributed by atoms with Gasteiger partial charge in [0.05, 0.1) is 6.04 Å². The molecule has 1 aromatic carbocycles. The van der Waals surface area contributed by atoms with Crippen LogP contribution < -0.4 is 11.1 Å². The lowest BCUT2D eigenvalue weighted by molar-refractivity contribution is 0.194. The Morgan fingerprint density at radius 3 is 2.86 bits per heavy atom. The second kappa shape index (κ2) is 7.39. The maximum absolute atomic E-state index is 10.3. The van der Waals surface area contributed by atoms with Crippen molar-refractivity contribution in [1.29, 1.82) is 0 Å². The zero-order valence-electron chi connectivity index (χ0n) is 11.5. The summed E-state index contributed by atoms with van der Waals surface area (Å²) in [7, 11) is 0. The van der Waals surface area contributed by atoms with Gasteiger partial charge in [-0.25, -0.2) is 4.79 Å². The standard InChI is InChI=1S/C14H18N4O3/c15-11(7-4-8-16-14(19)20)13-17-12(18-21-13)9-10-5-2-1-3-6-10/h1-3,5-6,11,16H,4,7-9,15H2,(H,19,20). The van der Waals surface area contributed by atoms with Crippen LogP contribution in [0.5, 0.6) is 0 Å². The number of rotatable bonds is 7. The Kier molecular flexibility index (Phi) is 5.28. The second-order valence-electron chi connectivity index (χ2n) is 4.69. The van der Waals surface area contributed by atoms with Crippen molar-refractivity contribution in [2.45, 2.75) is 25.3 Å². The topological polar surface area (TPSA) is 114 Å². The smallest absolute Gasteiger partial charge is 0.404 e. The van der Waals surface area contributed by atoms with Gasteiger partial charge in [0.25, 0.3) is 0 Å². The molecule has 4 N–H and O–H groups in total.